The summed E-state index contributed by atoms with van der Waals surface area (Å²) < 4.78 is 60.2. The van der Waals surface area contributed by atoms with Gasteiger partial charge in [0, 0.05) is 28.2 Å². The van der Waals surface area contributed by atoms with Crippen molar-refractivity contribution in [1.82, 2.24) is 0 Å². The van der Waals surface area contributed by atoms with Crippen molar-refractivity contribution < 1.29 is 21.9 Å². The lowest BCUT2D eigenvalue weighted by molar-refractivity contribution is 0.540. The fourth-order valence-electron chi connectivity index (χ4n) is 2.07. The summed E-state index contributed by atoms with van der Waals surface area (Å²) in [5.41, 5.74) is 2.00. The molecule has 0 aliphatic carbocycles. The van der Waals surface area contributed by atoms with Gasteiger partial charge in [0.1, 0.15) is 5.82 Å². The predicted octanol–water partition coefficient (Wildman–Crippen LogP) is 2.02. The summed E-state index contributed by atoms with van der Waals surface area (Å²) in [6.45, 7) is 0. The summed E-state index contributed by atoms with van der Waals surface area (Å²) in [7, 11) is 0. The van der Waals surface area contributed by atoms with Gasteiger partial charge in [0.25, 0.3) is 0 Å². The molecule has 124 valence electrons. The number of hydrogen-bond acceptors (Lipinski definition) is 4. The van der Waals surface area contributed by atoms with Crippen LogP contribution in [0.4, 0.5) is 15.8 Å². The van der Waals surface area contributed by atoms with E-state index in [9.17, 15) is 21.9 Å². The van der Waals surface area contributed by atoms with Crippen LogP contribution in [-0.2, 0) is 35.4 Å². The molecule has 0 aromatic heterocycles. The third-order valence-corrected chi connectivity index (χ3v) is 3.84. The summed E-state index contributed by atoms with van der Waals surface area (Å²) in [6.07, 6.45) is 1.14. The van der Waals surface area contributed by atoms with Gasteiger partial charge in [-0.3, -0.25) is 8.42 Å². The van der Waals surface area contributed by atoms with Gasteiger partial charge in [0.15, 0.2) is 0 Å². The van der Waals surface area contributed by atoms with E-state index in [4.69, 9.17) is 0 Å². The van der Waals surface area contributed by atoms with Gasteiger partial charge < -0.3 is 18.5 Å². The fraction of sp³-hybridized carbons (Fsp3) is 0.143. The van der Waals surface area contributed by atoms with Crippen LogP contribution in [0.2, 0.25) is 0 Å². The topological polar surface area (TPSA) is 104 Å². The van der Waals surface area contributed by atoms with E-state index >= 15 is 0 Å². The zero-order chi connectivity index (χ0) is 16.8. The summed E-state index contributed by atoms with van der Waals surface area (Å²) in [5.74, 6) is -0.651. The molecule has 0 aliphatic heterocycles. The first-order chi connectivity index (χ1) is 10.9. The maximum atomic E-state index is 13.5. The molecule has 0 fully saturated rings. The normalized spacial score (nSPS) is 13.3. The highest BCUT2D eigenvalue weighted by Crippen LogP contribution is 2.19. The van der Waals surface area contributed by atoms with E-state index in [0.29, 0.717) is 18.5 Å². The van der Waals surface area contributed by atoms with Gasteiger partial charge in [0.2, 0.25) is 0 Å². The Morgan fingerprint density at radius 2 is 1.57 bits per heavy atom. The molecule has 9 heteroatoms. The molecule has 2 rings (SSSR count). The Hall–Kier alpha value is -1.81. The minimum Gasteiger partial charge on any atom is -0.755 e. The summed E-state index contributed by atoms with van der Waals surface area (Å²) in [5, 5.41) is 0. The molecule has 0 aliphatic rings. The van der Waals surface area contributed by atoms with Crippen molar-refractivity contribution in [3.63, 3.8) is 0 Å². The Balaban J connectivity index is 2.06. The Kier molecular flexibility index (Phi) is 6.22. The van der Waals surface area contributed by atoms with E-state index < -0.39 is 28.4 Å². The maximum Gasteiger partial charge on any atom is 0.147 e. The lowest BCUT2D eigenvalue weighted by atomic mass is 10.0. The molecule has 0 heterocycles. The minimum absolute atomic E-state index is 0.104. The van der Waals surface area contributed by atoms with Crippen LogP contribution in [0.5, 0.6) is 0 Å². The van der Waals surface area contributed by atoms with Crippen LogP contribution in [-0.4, -0.2) is 17.5 Å². The second-order valence-corrected chi connectivity index (χ2v) is 6.04. The van der Waals surface area contributed by atoms with Gasteiger partial charge in [-0.15, -0.1) is 0 Å². The van der Waals surface area contributed by atoms with Gasteiger partial charge in [0.05, 0.1) is 5.69 Å². The largest absolute Gasteiger partial charge is 0.755 e. The van der Waals surface area contributed by atoms with Crippen LogP contribution in [0.25, 0.3) is 0 Å². The molecule has 2 N–H and O–H groups in total. The number of rotatable bonds is 7. The molecule has 0 bridgehead atoms. The highest BCUT2D eigenvalue weighted by Gasteiger charge is 2.04. The molecule has 23 heavy (non-hydrogen) atoms. The molecule has 0 amide bonds. The highest BCUT2D eigenvalue weighted by atomic mass is 32.2. The average molecular weight is 356 g/mol. The SMILES string of the molecule is O=S([O-])Nc1cccc(CCc2ccc(F)c(NS(=O)[O-])c2)c1. The van der Waals surface area contributed by atoms with E-state index in [-0.39, 0.29) is 5.69 Å². The summed E-state index contributed by atoms with van der Waals surface area (Å²) in [4.78, 5) is 0. The molecule has 2 atom stereocenters. The molecule has 6 nitrogen and oxygen atoms in total. The number of halogens is 1. The molecule has 2 aromatic rings. The lowest BCUT2D eigenvalue weighted by Gasteiger charge is -2.12. The van der Waals surface area contributed by atoms with Crippen molar-refractivity contribution in [2.45, 2.75) is 12.8 Å². The van der Waals surface area contributed by atoms with Crippen LogP contribution in [0, 0.1) is 5.82 Å². The third kappa shape index (κ3) is 5.71. The van der Waals surface area contributed by atoms with Gasteiger partial charge in [-0.25, -0.2) is 4.39 Å². The molecule has 2 unspecified atom stereocenters. The molecule has 2 aromatic carbocycles. The smallest absolute Gasteiger partial charge is 0.147 e. The number of hydrogen-bond donors (Lipinski definition) is 2. The van der Waals surface area contributed by atoms with Crippen LogP contribution in [0.3, 0.4) is 0 Å². The van der Waals surface area contributed by atoms with Crippen molar-refractivity contribution in [3.8, 4) is 0 Å². The third-order valence-electron chi connectivity index (χ3n) is 3.05. The van der Waals surface area contributed by atoms with Gasteiger partial charge in [-0.2, -0.15) is 0 Å². The maximum absolute atomic E-state index is 13.5. The van der Waals surface area contributed by atoms with Crippen molar-refractivity contribution in [3.05, 3.63) is 59.4 Å². The van der Waals surface area contributed by atoms with Crippen LogP contribution >= 0.6 is 0 Å². The van der Waals surface area contributed by atoms with Crippen molar-refractivity contribution >= 4 is 33.9 Å². The molecular weight excluding hydrogens is 343 g/mol. The quantitative estimate of drug-likeness (QED) is 0.741. The van der Waals surface area contributed by atoms with Crippen LogP contribution in [0.1, 0.15) is 11.1 Å². The monoisotopic (exact) mass is 356 g/mol. The molecular formula is C14H13FN2O4S2-2. The Morgan fingerprint density at radius 3 is 2.22 bits per heavy atom. The van der Waals surface area contributed by atoms with Crippen LogP contribution < -0.4 is 9.44 Å². The number of anilines is 2. The van der Waals surface area contributed by atoms with Crippen molar-refractivity contribution in [2.75, 3.05) is 9.44 Å². The number of aryl methyl sites for hydroxylation is 2. The van der Waals surface area contributed by atoms with Gasteiger partial charge in [-0.05, 0) is 48.2 Å². The second-order valence-electron chi connectivity index (χ2n) is 4.69. The van der Waals surface area contributed by atoms with E-state index in [1.54, 1.807) is 24.3 Å². The second kappa shape index (κ2) is 8.16. The van der Waals surface area contributed by atoms with E-state index in [1.165, 1.54) is 12.1 Å². The van der Waals surface area contributed by atoms with Gasteiger partial charge in [-0.1, -0.05) is 18.2 Å². The van der Waals surface area contributed by atoms with Crippen LogP contribution in [0.15, 0.2) is 42.5 Å². The zero-order valence-corrected chi connectivity index (χ0v) is 13.4. The standard InChI is InChI=1S/C14H15FN2O4S2/c15-13-7-6-11(9-14(13)17-23(20)21)5-4-10-2-1-3-12(8-10)16-22(18)19/h1-3,6-9,16-17H,4-5H2,(H,18,19)(H,20,21)/p-2. The summed E-state index contributed by atoms with van der Waals surface area (Å²) in [6, 6.07) is 11.1. The zero-order valence-electron chi connectivity index (χ0n) is 11.8. The first kappa shape index (κ1) is 17.5. The highest BCUT2D eigenvalue weighted by molar-refractivity contribution is 7.80. The minimum atomic E-state index is -2.59. The lowest BCUT2D eigenvalue weighted by Crippen LogP contribution is -2.05. The summed E-state index contributed by atoms with van der Waals surface area (Å²) >= 11 is -4.98. The molecule has 0 saturated carbocycles. The van der Waals surface area contributed by atoms with E-state index in [0.717, 1.165) is 11.1 Å². The average Bonchev–Trinajstić information content (AvgIpc) is 2.47. The predicted molar refractivity (Wildman–Crippen MR) is 85.3 cm³/mol. The van der Waals surface area contributed by atoms with Crippen molar-refractivity contribution in [2.24, 2.45) is 0 Å². The molecule has 0 radical (unpaired) electrons. The Morgan fingerprint density at radius 1 is 0.913 bits per heavy atom. The first-order valence-electron chi connectivity index (χ1n) is 6.53. The van der Waals surface area contributed by atoms with Crippen molar-refractivity contribution in [1.29, 1.82) is 0 Å². The Bertz CT molecular complexity index is 742. The molecule has 0 saturated heterocycles. The Labute approximate surface area is 138 Å². The first-order valence-corrected chi connectivity index (χ1v) is 8.68. The molecule has 0 spiro atoms. The number of nitrogens with one attached hydrogen (secondary N) is 2. The van der Waals surface area contributed by atoms with E-state index in [2.05, 4.69) is 4.72 Å². The van der Waals surface area contributed by atoms with E-state index in [1.807, 2.05) is 10.8 Å². The number of benzene rings is 2. The van der Waals surface area contributed by atoms with Gasteiger partial charge >= 0.3 is 0 Å². The fourth-order valence-corrected chi connectivity index (χ4v) is 2.73.